The first kappa shape index (κ1) is 15.4. The molecule has 0 N–H and O–H groups in total. The molecule has 24 heavy (non-hydrogen) atoms. The van der Waals surface area contributed by atoms with E-state index in [4.69, 9.17) is 0 Å². The van der Waals surface area contributed by atoms with Crippen molar-refractivity contribution >= 4 is 47.8 Å². The third-order valence-electron chi connectivity index (χ3n) is 4.04. The summed E-state index contributed by atoms with van der Waals surface area (Å²) in [6.07, 6.45) is 3.31. The summed E-state index contributed by atoms with van der Waals surface area (Å²) in [5.74, 6) is 0. The number of halogens is 1. The Morgan fingerprint density at radius 3 is 2.46 bits per heavy atom. The van der Waals surface area contributed by atoms with Gasteiger partial charge < -0.3 is 0 Å². The van der Waals surface area contributed by atoms with Gasteiger partial charge in [-0.25, -0.2) is 12.4 Å². The third-order valence-corrected chi connectivity index (χ3v) is 6.28. The number of hydrogen-bond donors (Lipinski definition) is 0. The van der Waals surface area contributed by atoms with Gasteiger partial charge in [0.25, 0.3) is 10.0 Å². The van der Waals surface area contributed by atoms with E-state index in [1.54, 1.807) is 42.7 Å². The smallest absolute Gasteiger partial charge is 0.264 e. The van der Waals surface area contributed by atoms with Crippen molar-refractivity contribution in [3.63, 3.8) is 0 Å². The van der Waals surface area contributed by atoms with Gasteiger partial charge in [-0.2, -0.15) is 0 Å². The lowest BCUT2D eigenvalue weighted by molar-refractivity contribution is 0.590. The molecule has 0 aliphatic carbocycles. The van der Waals surface area contributed by atoms with Crippen LogP contribution in [0.4, 0.5) is 0 Å². The van der Waals surface area contributed by atoms with Crippen LogP contribution in [-0.4, -0.2) is 17.4 Å². The minimum atomic E-state index is -3.71. The predicted molar refractivity (Wildman–Crippen MR) is 98.7 cm³/mol. The SMILES string of the molecule is Cc1ccc(S(=O)(=O)n2c3ccncc3c3ccc(Br)cc32)cc1. The van der Waals surface area contributed by atoms with E-state index in [1.807, 2.05) is 25.1 Å². The van der Waals surface area contributed by atoms with E-state index in [-0.39, 0.29) is 4.90 Å². The van der Waals surface area contributed by atoms with Crippen LogP contribution < -0.4 is 0 Å². The van der Waals surface area contributed by atoms with Crippen LogP contribution in [0, 0.1) is 6.92 Å². The van der Waals surface area contributed by atoms with Crippen molar-refractivity contribution in [2.24, 2.45) is 0 Å². The average Bonchev–Trinajstić information content (AvgIpc) is 2.89. The standard InChI is InChI=1S/C18H13BrN2O2S/c1-12-2-5-14(6-3-12)24(22,23)21-17-8-9-20-11-16(17)15-7-4-13(19)10-18(15)21/h2-11H,1H3. The van der Waals surface area contributed by atoms with Gasteiger partial charge in [-0.15, -0.1) is 0 Å². The first-order chi connectivity index (χ1) is 11.5. The van der Waals surface area contributed by atoms with Gasteiger partial charge in [0.1, 0.15) is 0 Å². The van der Waals surface area contributed by atoms with E-state index >= 15 is 0 Å². The van der Waals surface area contributed by atoms with Gasteiger partial charge in [0, 0.05) is 27.6 Å². The zero-order chi connectivity index (χ0) is 16.9. The second-order valence-corrected chi connectivity index (χ2v) is 8.34. The summed E-state index contributed by atoms with van der Waals surface area (Å²) < 4.78 is 28.8. The molecule has 6 heteroatoms. The van der Waals surface area contributed by atoms with Crippen molar-refractivity contribution in [2.45, 2.75) is 11.8 Å². The number of aryl methyl sites for hydroxylation is 1. The molecule has 0 bridgehead atoms. The molecular formula is C18H13BrN2O2S. The van der Waals surface area contributed by atoms with E-state index < -0.39 is 10.0 Å². The Balaban J connectivity index is 2.14. The number of fused-ring (bicyclic) bond motifs is 3. The molecule has 4 rings (SSSR count). The number of benzene rings is 2. The first-order valence-electron chi connectivity index (χ1n) is 7.34. The van der Waals surface area contributed by atoms with Gasteiger partial charge >= 0.3 is 0 Å². The quantitative estimate of drug-likeness (QED) is 0.497. The molecule has 0 spiro atoms. The second kappa shape index (κ2) is 5.43. The molecule has 0 atom stereocenters. The maximum atomic E-state index is 13.3. The molecular weight excluding hydrogens is 388 g/mol. The fourth-order valence-corrected chi connectivity index (χ4v) is 4.74. The van der Waals surface area contributed by atoms with Crippen molar-refractivity contribution in [1.82, 2.24) is 8.96 Å². The van der Waals surface area contributed by atoms with Crippen molar-refractivity contribution < 1.29 is 8.42 Å². The molecule has 0 fully saturated rings. The minimum absolute atomic E-state index is 0.267. The zero-order valence-electron chi connectivity index (χ0n) is 12.8. The Morgan fingerprint density at radius 1 is 0.958 bits per heavy atom. The summed E-state index contributed by atoms with van der Waals surface area (Å²) >= 11 is 3.43. The number of rotatable bonds is 2. The van der Waals surface area contributed by atoms with Gasteiger partial charge in [-0.1, -0.05) is 39.7 Å². The van der Waals surface area contributed by atoms with Gasteiger partial charge in [0.2, 0.25) is 0 Å². The van der Waals surface area contributed by atoms with E-state index in [2.05, 4.69) is 20.9 Å². The van der Waals surface area contributed by atoms with Crippen LogP contribution >= 0.6 is 15.9 Å². The average molecular weight is 401 g/mol. The lowest BCUT2D eigenvalue weighted by Gasteiger charge is -2.09. The van der Waals surface area contributed by atoms with Crippen molar-refractivity contribution in [3.8, 4) is 0 Å². The van der Waals surface area contributed by atoms with Crippen LogP contribution in [-0.2, 0) is 10.0 Å². The van der Waals surface area contributed by atoms with Gasteiger partial charge in [0.15, 0.2) is 0 Å². The highest BCUT2D eigenvalue weighted by molar-refractivity contribution is 9.10. The van der Waals surface area contributed by atoms with Crippen LogP contribution in [0.25, 0.3) is 21.8 Å². The Bertz CT molecular complexity index is 1180. The van der Waals surface area contributed by atoms with Gasteiger partial charge in [-0.05, 0) is 37.3 Å². The van der Waals surface area contributed by atoms with Crippen LogP contribution in [0.1, 0.15) is 5.56 Å². The maximum absolute atomic E-state index is 13.3. The number of nitrogens with zero attached hydrogens (tertiary/aromatic N) is 2. The molecule has 0 unspecified atom stereocenters. The van der Waals surface area contributed by atoms with E-state index in [9.17, 15) is 8.42 Å². The largest absolute Gasteiger partial charge is 0.268 e. The fourth-order valence-electron chi connectivity index (χ4n) is 2.88. The van der Waals surface area contributed by atoms with Crippen molar-refractivity contribution in [2.75, 3.05) is 0 Å². The van der Waals surface area contributed by atoms with Crippen molar-refractivity contribution in [3.05, 3.63) is 71.0 Å². The highest BCUT2D eigenvalue weighted by Crippen LogP contribution is 2.33. The van der Waals surface area contributed by atoms with E-state index in [0.29, 0.717) is 11.0 Å². The molecule has 4 aromatic rings. The van der Waals surface area contributed by atoms with Crippen LogP contribution in [0.3, 0.4) is 0 Å². The molecule has 0 aliphatic heterocycles. The maximum Gasteiger partial charge on any atom is 0.268 e. The Labute approximate surface area is 147 Å². The predicted octanol–water partition coefficient (Wildman–Crippen LogP) is 4.50. The molecule has 0 saturated carbocycles. The lowest BCUT2D eigenvalue weighted by Crippen LogP contribution is -2.12. The topological polar surface area (TPSA) is 52.0 Å². The molecule has 0 radical (unpaired) electrons. The minimum Gasteiger partial charge on any atom is -0.264 e. The van der Waals surface area contributed by atoms with Crippen molar-refractivity contribution in [1.29, 1.82) is 0 Å². The second-order valence-electron chi connectivity index (χ2n) is 5.64. The third kappa shape index (κ3) is 2.25. The van der Waals surface area contributed by atoms with Crippen LogP contribution in [0.2, 0.25) is 0 Å². The number of aromatic nitrogens is 2. The van der Waals surface area contributed by atoms with E-state index in [1.165, 1.54) is 3.97 Å². The molecule has 2 aromatic carbocycles. The summed E-state index contributed by atoms with van der Waals surface area (Å²) in [6.45, 7) is 1.93. The van der Waals surface area contributed by atoms with E-state index in [0.717, 1.165) is 20.8 Å². The fraction of sp³-hybridized carbons (Fsp3) is 0.0556. The highest BCUT2D eigenvalue weighted by atomic mass is 79.9. The summed E-state index contributed by atoms with van der Waals surface area (Å²) in [5.41, 5.74) is 2.27. The lowest BCUT2D eigenvalue weighted by atomic mass is 10.2. The summed E-state index contributed by atoms with van der Waals surface area (Å²) in [7, 11) is -3.71. The summed E-state index contributed by atoms with van der Waals surface area (Å²) in [6, 6.07) is 14.2. The normalized spacial score (nSPS) is 12.1. The zero-order valence-corrected chi connectivity index (χ0v) is 15.2. The van der Waals surface area contributed by atoms with Crippen LogP contribution in [0.5, 0.6) is 0 Å². The highest BCUT2D eigenvalue weighted by Gasteiger charge is 2.23. The molecule has 0 saturated heterocycles. The van der Waals surface area contributed by atoms with Gasteiger partial charge in [-0.3, -0.25) is 4.98 Å². The van der Waals surface area contributed by atoms with Gasteiger partial charge in [0.05, 0.1) is 15.9 Å². The Morgan fingerprint density at radius 2 is 1.71 bits per heavy atom. The summed E-state index contributed by atoms with van der Waals surface area (Å²) in [5, 5.41) is 1.67. The Kier molecular flexibility index (Phi) is 3.47. The molecule has 0 aliphatic rings. The molecule has 2 heterocycles. The first-order valence-corrected chi connectivity index (χ1v) is 9.58. The molecule has 0 amide bonds. The Hall–Kier alpha value is -2.18. The molecule has 2 aromatic heterocycles. The molecule has 120 valence electrons. The molecule has 4 nitrogen and oxygen atoms in total. The number of hydrogen-bond acceptors (Lipinski definition) is 3. The van der Waals surface area contributed by atoms with Crippen LogP contribution in [0.15, 0.2) is 70.3 Å². The number of pyridine rings is 1. The summed E-state index contributed by atoms with van der Waals surface area (Å²) in [4.78, 5) is 4.41. The monoisotopic (exact) mass is 400 g/mol.